The minimum Gasteiger partial charge on any atom is -0.359 e. The molecule has 2 aromatic rings. The Morgan fingerprint density at radius 2 is 1.82 bits per heavy atom. The highest BCUT2D eigenvalue weighted by molar-refractivity contribution is 7.58. The summed E-state index contributed by atoms with van der Waals surface area (Å²) in [5, 5.41) is 2.55. The van der Waals surface area contributed by atoms with E-state index >= 15 is 0 Å². The Labute approximate surface area is 196 Å². The van der Waals surface area contributed by atoms with Crippen LogP contribution >= 0.6 is 15.2 Å². The van der Waals surface area contributed by atoms with Crippen LogP contribution in [0.1, 0.15) is 17.6 Å². The van der Waals surface area contributed by atoms with Gasteiger partial charge < -0.3 is 28.3 Å². The monoisotopic (exact) mass is 513 g/mol. The van der Waals surface area contributed by atoms with Crippen LogP contribution in [0.3, 0.4) is 0 Å². The maximum absolute atomic E-state index is 14.5. The van der Waals surface area contributed by atoms with Crippen LogP contribution in [-0.2, 0) is 32.0 Å². The second-order valence-corrected chi connectivity index (χ2v) is 12.2. The number of nitrogens with one attached hydrogen (secondary N) is 1. The molecule has 10 nitrogen and oxygen atoms in total. The summed E-state index contributed by atoms with van der Waals surface area (Å²) in [6, 6.07) is 9.36. The molecule has 1 aromatic carbocycles. The van der Waals surface area contributed by atoms with Gasteiger partial charge in [-0.25, -0.2) is 9.37 Å². The van der Waals surface area contributed by atoms with Gasteiger partial charge in [-0.1, -0.05) is 12.1 Å². The number of halogens is 1. The van der Waals surface area contributed by atoms with Crippen LogP contribution in [0, 0.1) is 5.82 Å². The maximum atomic E-state index is 14.5. The molecule has 1 amide bonds. The van der Waals surface area contributed by atoms with Gasteiger partial charge in [0.25, 0.3) is 0 Å². The zero-order valence-electron chi connectivity index (χ0n) is 18.6. The fourth-order valence-electron chi connectivity index (χ4n) is 3.66. The van der Waals surface area contributed by atoms with Gasteiger partial charge in [0.2, 0.25) is 5.91 Å². The molecule has 2 aliphatic rings. The molecule has 0 radical (unpaired) electrons. The number of aromatic nitrogens is 1. The first-order valence-electron chi connectivity index (χ1n) is 10.8. The highest BCUT2D eigenvalue weighted by atomic mass is 31.2. The first-order chi connectivity index (χ1) is 16.3. The first kappa shape index (κ1) is 25.0. The van der Waals surface area contributed by atoms with E-state index in [1.807, 2.05) is 17.0 Å². The molecule has 34 heavy (non-hydrogen) atoms. The van der Waals surface area contributed by atoms with E-state index in [1.54, 1.807) is 19.3 Å². The third kappa shape index (κ3) is 5.92. The van der Waals surface area contributed by atoms with Crippen molar-refractivity contribution in [2.45, 2.75) is 12.1 Å². The lowest BCUT2D eigenvalue weighted by Gasteiger charge is -2.24. The van der Waals surface area contributed by atoms with Crippen molar-refractivity contribution >= 4 is 32.6 Å². The smallest absolute Gasteiger partial charge is 0.338 e. The number of pyridine rings is 1. The number of anilines is 2. The van der Waals surface area contributed by atoms with Gasteiger partial charge in [0.05, 0.1) is 43.9 Å². The Morgan fingerprint density at radius 1 is 1.12 bits per heavy atom. The van der Waals surface area contributed by atoms with Crippen LogP contribution in [0.4, 0.5) is 15.9 Å². The normalized spacial score (nSPS) is 19.6. The summed E-state index contributed by atoms with van der Waals surface area (Å²) >= 11 is 0. The lowest BCUT2D eigenvalue weighted by Crippen LogP contribution is -2.24. The molecule has 0 saturated carbocycles. The van der Waals surface area contributed by atoms with Gasteiger partial charge in [-0.2, -0.15) is 0 Å². The van der Waals surface area contributed by atoms with E-state index in [2.05, 4.69) is 10.3 Å². The number of hydrogen-bond donors (Lipinski definition) is 1. The second kappa shape index (κ2) is 10.6. The van der Waals surface area contributed by atoms with Gasteiger partial charge >= 0.3 is 15.2 Å². The number of amides is 1. The van der Waals surface area contributed by atoms with Crippen molar-refractivity contribution in [3.8, 4) is 0 Å². The van der Waals surface area contributed by atoms with Gasteiger partial charge in [-0.3, -0.25) is 13.9 Å². The van der Waals surface area contributed by atoms with Gasteiger partial charge in [0.1, 0.15) is 11.6 Å². The summed E-state index contributed by atoms with van der Waals surface area (Å²) in [7, 11) is -5.42. The lowest BCUT2D eigenvalue weighted by atomic mass is 10.1. The van der Waals surface area contributed by atoms with E-state index in [0.717, 1.165) is 6.07 Å². The number of carbonyl (C=O) groups is 1. The highest BCUT2D eigenvalue weighted by Crippen LogP contribution is 2.69. The van der Waals surface area contributed by atoms with Crippen molar-refractivity contribution in [1.29, 1.82) is 0 Å². The van der Waals surface area contributed by atoms with Crippen LogP contribution < -0.4 is 10.2 Å². The SMILES string of the molecule is CN(CCC(=O)Nc1cc(C(CP2(=O)OCCO2)P2(=O)OCCO2)ccc1F)c1ccccn1. The summed E-state index contributed by atoms with van der Waals surface area (Å²) in [6.45, 7) is 0.922. The molecule has 1 N–H and O–H groups in total. The van der Waals surface area contributed by atoms with Crippen molar-refractivity contribution in [2.75, 3.05) is 56.4 Å². The highest BCUT2D eigenvalue weighted by Gasteiger charge is 2.46. The van der Waals surface area contributed by atoms with Crippen LogP contribution in [0.15, 0.2) is 42.6 Å². The molecule has 0 bridgehead atoms. The van der Waals surface area contributed by atoms with Gasteiger partial charge in [-0.05, 0) is 29.8 Å². The van der Waals surface area contributed by atoms with E-state index in [9.17, 15) is 18.3 Å². The zero-order valence-corrected chi connectivity index (χ0v) is 20.4. The zero-order chi connectivity index (χ0) is 24.2. The molecule has 1 unspecified atom stereocenters. The molecule has 2 fully saturated rings. The van der Waals surface area contributed by atoms with Crippen molar-refractivity contribution in [3.05, 3.63) is 54.0 Å². The van der Waals surface area contributed by atoms with Crippen LogP contribution in [-0.4, -0.2) is 57.1 Å². The maximum Gasteiger partial charge on any atom is 0.338 e. The van der Waals surface area contributed by atoms with Crippen molar-refractivity contribution < 1.29 is 36.4 Å². The molecular formula is C21H26FN3O7P2. The Bertz CT molecular complexity index is 1100. The molecule has 0 aliphatic carbocycles. The van der Waals surface area contributed by atoms with Crippen LogP contribution in [0.25, 0.3) is 0 Å². The average Bonchev–Trinajstić information content (AvgIpc) is 3.47. The van der Waals surface area contributed by atoms with E-state index in [-0.39, 0.29) is 44.7 Å². The molecule has 184 valence electrons. The van der Waals surface area contributed by atoms with E-state index in [1.165, 1.54) is 12.1 Å². The first-order valence-corrected chi connectivity index (χ1v) is 14.1. The lowest BCUT2D eigenvalue weighted by molar-refractivity contribution is -0.116. The van der Waals surface area contributed by atoms with Gasteiger partial charge in [0.15, 0.2) is 0 Å². The number of carbonyl (C=O) groups excluding carboxylic acids is 1. The molecule has 0 spiro atoms. The molecule has 1 atom stereocenters. The average molecular weight is 513 g/mol. The number of benzene rings is 1. The Morgan fingerprint density at radius 3 is 2.50 bits per heavy atom. The van der Waals surface area contributed by atoms with Crippen molar-refractivity contribution in [3.63, 3.8) is 0 Å². The molecule has 4 rings (SSSR count). The molecule has 2 aliphatic heterocycles. The van der Waals surface area contributed by atoms with Crippen LogP contribution in [0.2, 0.25) is 0 Å². The summed E-state index contributed by atoms with van der Waals surface area (Å²) < 4.78 is 62.0. The summed E-state index contributed by atoms with van der Waals surface area (Å²) in [4.78, 5) is 18.5. The molecule has 2 saturated heterocycles. The van der Waals surface area contributed by atoms with Crippen molar-refractivity contribution in [1.82, 2.24) is 4.98 Å². The molecule has 1 aromatic heterocycles. The third-order valence-corrected chi connectivity index (χ3v) is 10.0. The predicted octanol–water partition coefficient (Wildman–Crippen LogP) is 4.21. The number of rotatable bonds is 9. The molecule has 13 heteroatoms. The topological polar surface area (TPSA) is 116 Å². The number of hydrogen-bond acceptors (Lipinski definition) is 9. The fourth-order valence-corrected chi connectivity index (χ4v) is 8.31. The summed E-state index contributed by atoms with van der Waals surface area (Å²) in [6.07, 6.45) is 1.49. The quantitative estimate of drug-likeness (QED) is 0.493. The number of nitrogens with zero attached hydrogens (tertiary/aromatic N) is 2. The van der Waals surface area contributed by atoms with E-state index < -0.39 is 32.6 Å². The van der Waals surface area contributed by atoms with E-state index in [0.29, 0.717) is 17.9 Å². The van der Waals surface area contributed by atoms with Gasteiger partial charge in [0, 0.05) is 26.2 Å². The Balaban J connectivity index is 1.49. The summed E-state index contributed by atoms with van der Waals surface area (Å²) in [5.74, 6) is -0.370. The van der Waals surface area contributed by atoms with Crippen LogP contribution in [0.5, 0.6) is 0 Å². The molecular weight excluding hydrogens is 487 g/mol. The Kier molecular flexibility index (Phi) is 7.82. The minimum absolute atomic E-state index is 0.0851. The van der Waals surface area contributed by atoms with Gasteiger partial charge in [-0.15, -0.1) is 0 Å². The molecule has 3 heterocycles. The largest absolute Gasteiger partial charge is 0.359 e. The third-order valence-electron chi connectivity index (χ3n) is 5.43. The minimum atomic E-state index is -3.71. The second-order valence-electron chi connectivity index (χ2n) is 7.83. The van der Waals surface area contributed by atoms with E-state index in [4.69, 9.17) is 18.1 Å². The van der Waals surface area contributed by atoms with Crippen molar-refractivity contribution in [2.24, 2.45) is 0 Å². The predicted molar refractivity (Wildman–Crippen MR) is 124 cm³/mol. The standard InChI is InChI=1S/C21H26FN3O7P2/c1-25(20-4-2-3-8-23-20)9-7-21(26)24-18-14-16(5-6-17(18)22)19(34(28)31-12-13-32-34)15-33(27)29-10-11-30-33/h2-6,8,14,19H,7,9-13,15H2,1H3,(H,24,26). The Hall–Kier alpha value is -2.13. The summed E-state index contributed by atoms with van der Waals surface area (Å²) in [5.41, 5.74) is -0.766. The fraction of sp³-hybridized carbons (Fsp3) is 0.429.